The zero-order valence-corrected chi connectivity index (χ0v) is 16.6. The SMILES string of the molecule is COc1cccc(Cc2nsc(N3CCN(C(=O)C(C)C)C(C)C3)n2)c1. The predicted octanol–water partition coefficient (Wildman–Crippen LogP) is 2.83. The van der Waals surface area contributed by atoms with E-state index in [-0.39, 0.29) is 17.9 Å². The minimum Gasteiger partial charge on any atom is -0.497 e. The predicted molar refractivity (Wildman–Crippen MR) is 104 cm³/mol. The lowest BCUT2D eigenvalue weighted by molar-refractivity contribution is -0.136. The van der Waals surface area contributed by atoms with Gasteiger partial charge in [-0.3, -0.25) is 4.79 Å². The van der Waals surface area contributed by atoms with E-state index in [0.717, 1.165) is 41.9 Å². The van der Waals surface area contributed by atoms with Crippen LogP contribution in [0.15, 0.2) is 24.3 Å². The maximum absolute atomic E-state index is 12.3. The molecule has 1 aliphatic rings. The number of methoxy groups -OCH3 is 1. The highest BCUT2D eigenvalue weighted by Crippen LogP contribution is 2.24. The van der Waals surface area contributed by atoms with E-state index in [1.54, 1.807) is 7.11 Å². The number of hydrogen-bond donors (Lipinski definition) is 0. The van der Waals surface area contributed by atoms with Gasteiger partial charge in [-0.05, 0) is 24.6 Å². The largest absolute Gasteiger partial charge is 0.497 e. The maximum Gasteiger partial charge on any atom is 0.225 e. The second kappa shape index (κ2) is 8.03. The van der Waals surface area contributed by atoms with Crippen molar-refractivity contribution in [3.05, 3.63) is 35.7 Å². The van der Waals surface area contributed by atoms with Gasteiger partial charge in [-0.2, -0.15) is 4.37 Å². The van der Waals surface area contributed by atoms with Gasteiger partial charge < -0.3 is 14.5 Å². The van der Waals surface area contributed by atoms with Crippen LogP contribution >= 0.6 is 11.5 Å². The van der Waals surface area contributed by atoms with Crippen LogP contribution in [-0.4, -0.2) is 53.0 Å². The summed E-state index contributed by atoms with van der Waals surface area (Å²) < 4.78 is 9.79. The second-order valence-electron chi connectivity index (χ2n) is 7.00. The van der Waals surface area contributed by atoms with Crippen molar-refractivity contribution in [3.63, 3.8) is 0 Å². The highest BCUT2D eigenvalue weighted by Gasteiger charge is 2.29. The number of nitrogens with zero attached hydrogens (tertiary/aromatic N) is 4. The number of ether oxygens (including phenoxy) is 1. The topological polar surface area (TPSA) is 58.6 Å². The van der Waals surface area contributed by atoms with E-state index in [1.807, 2.05) is 36.9 Å². The molecule has 140 valence electrons. The van der Waals surface area contributed by atoms with Crippen molar-refractivity contribution in [1.29, 1.82) is 0 Å². The number of piperazine rings is 1. The van der Waals surface area contributed by atoms with E-state index in [9.17, 15) is 4.79 Å². The molecule has 0 saturated carbocycles. The van der Waals surface area contributed by atoms with Crippen LogP contribution in [0.4, 0.5) is 5.13 Å². The third kappa shape index (κ3) is 4.15. The fraction of sp³-hybridized carbons (Fsp3) is 0.526. The molecular weight excluding hydrogens is 348 g/mol. The van der Waals surface area contributed by atoms with Crippen LogP contribution < -0.4 is 9.64 Å². The van der Waals surface area contributed by atoms with Crippen LogP contribution in [0.25, 0.3) is 0 Å². The molecule has 1 amide bonds. The van der Waals surface area contributed by atoms with Gasteiger partial charge in [0.25, 0.3) is 0 Å². The minimum absolute atomic E-state index is 0.0417. The summed E-state index contributed by atoms with van der Waals surface area (Å²) >= 11 is 1.43. The summed E-state index contributed by atoms with van der Waals surface area (Å²) in [7, 11) is 1.67. The number of amides is 1. The lowest BCUT2D eigenvalue weighted by Gasteiger charge is -2.40. The molecule has 1 aliphatic heterocycles. The molecule has 1 aromatic heterocycles. The van der Waals surface area contributed by atoms with E-state index >= 15 is 0 Å². The van der Waals surface area contributed by atoms with Gasteiger partial charge in [0.05, 0.1) is 7.11 Å². The average molecular weight is 375 g/mol. The summed E-state index contributed by atoms with van der Waals surface area (Å²) in [6.45, 7) is 8.35. The van der Waals surface area contributed by atoms with Crippen molar-refractivity contribution < 1.29 is 9.53 Å². The van der Waals surface area contributed by atoms with Crippen LogP contribution in [0.3, 0.4) is 0 Å². The number of anilines is 1. The number of carbonyl (C=O) groups is 1. The molecular formula is C19H26N4O2S. The van der Waals surface area contributed by atoms with E-state index in [0.29, 0.717) is 6.42 Å². The molecule has 7 heteroatoms. The average Bonchev–Trinajstić information content (AvgIpc) is 3.09. The molecule has 0 radical (unpaired) electrons. The summed E-state index contributed by atoms with van der Waals surface area (Å²) in [6.07, 6.45) is 0.690. The molecule has 0 N–H and O–H groups in total. The monoisotopic (exact) mass is 374 g/mol. The van der Waals surface area contributed by atoms with Crippen molar-refractivity contribution in [2.45, 2.75) is 33.2 Å². The summed E-state index contributed by atoms with van der Waals surface area (Å²) in [6, 6.07) is 8.17. The fourth-order valence-corrected chi connectivity index (χ4v) is 3.92. The van der Waals surface area contributed by atoms with Crippen LogP contribution in [0, 0.1) is 5.92 Å². The summed E-state index contributed by atoms with van der Waals surface area (Å²) in [5, 5.41) is 0.936. The normalized spacial score (nSPS) is 17.7. The number of aromatic nitrogens is 2. The van der Waals surface area contributed by atoms with Gasteiger partial charge in [0.2, 0.25) is 11.0 Å². The number of rotatable bonds is 5. The van der Waals surface area contributed by atoms with Gasteiger partial charge in [-0.25, -0.2) is 4.98 Å². The second-order valence-corrected chi connectivity index (χ2v) is 7.73. The van der Waals surface area contributed by atoms with Gasteiger partial charge in [0.1, 0.15) is 11.6 Å². The molecule has 3 rings (SSSR count). The Hall–Kier alpha value is -2.15. The first-order valence-corrected chi connectivity index (χ1v) is 9.76. The lowest BCUT2D eigenvalue weighted by atomic mass is 10.1. The van der Waals surface area contributed by atoms with Crippen molar-refractivity contribution in [3.8, 4) is 5.75 Å². The molecule has 0 spiro atoms. The fourth-order valence-electron chi connectivity index (χ4n) is 3.20. The van der Waals surface area contributed by atoms with Crippen molar-refractivity contribution in [2.24, 2.45) is 5.92 Å². The molecule has 1 saturated heterocycles. The van der Waals surface area contributed by atoms with Gasteiger partial charge in [-0.15, -0.1) is 0 Å². The van der Waals surface area contributed by atoms with Gasteiger partial charge in [0, 0.05) is 49.5 Å². The highest BCUT2D eigenvalue weighted by atomic mass is 32.1. The maximum atomic E-state index is 12.3. The molecule has 0 bridgehead atoms. The molecule has 1 unspecified atom stereocenters. The zero-order valence-electron chi connectivity index (χ0n) is 15.8. The molecule has 1 fully saturated rings. The summed E-state index contributed by atoms with van der Waals surface area (Å²) in [5.74, 6) is 1.94. The Balaban J connectivity index is 1.64. The first-order chi connectivity index (χ1) is 12.5. The minimum atomic E-state index is 0.0417. The van der Waals surface area contributed by atoms with Gasteiger partial charge >= 0.3 is 0 Å². The van der Waals surface area contributed by atoms with Crippen molar-refractivity contribution in [2.75, 3.05) is 31.6 Å². The Kier molecular flexibility index (Phi) is 5.76. The Morgan fingerprint density at radius 3 is 2.88 bits per heavy atom. The molecule has 6 nitrogen and oxygen atoms in total. The highest BCUT2D eigenvalue weighted by molar-refractivity contribution is 7.09. The molecule has 0 aliphatic carbocycles. The Bertz CT molecular complexity index is 762. The van der Waals surface area contributed by atoms with Crippen LogP contribution in [0.2, 0.25) is 0 Å². The first kappa shape index (κ1) is 18.6. The molecule has 1 aromatic carbocycles. The van der Waals surface area contributed by atoms with E-state index < -0.39 is 0 Å². The number of carbonyl (C=O) groups excluding carboxylic acids is 1. The van der Waals surface area contributed by atoms with Crippen molar-refractivity contribution >= 4 is 22.6 Å². The standard InChI is InChI=1S/C19H26N4O2S/c1-13(2)18(24)23-9-8-22(12-14(23)3)19-20-17(21-26-19)11-15-6-5-7-16(10-15)25-4/h5-7,10,13-14H,8-9,11-12H2,1-4H3. The summed E-state index contributed by atoms with van der Waals surface area (Å²) in [5.41, 5.74) is 1.13. The molecule has 26 heavy (non-hydrogen) atoms. The zero-order chi connectivity index (χ0) is 18.7. The first-order valence-electron chi connectivity index (χ1n) is 8.99. The van der Waals surface area contributed by atoms with E-state index in [4.69, 9.17) is 9.72 Å². The molecule has 1 atom stereocenters. The Labute approximate surface area is 159 Å². The Morgan fingerprint density at radius 1 is 1.38 bits per heavy atom. The van der Waals surface area contributed by atoms with Crippen LogP contribution in [0.5, 0.6) is 5.75 Å². The smallest absolute Gasteiger partial charge is 0.225 e. The van der Waals surface area contributed by atoms with E-state index in [1.165, 1.54) is 11.5 Å². The lowest BCUT2D eigenvalue weighted by Crippen LogP contribution is -2.55. The third-order valence-corrected chi connectivity index (χ3v) is 5.44. The summed E-state index contributed by atoms with van der Waals surface area (Å²) in [4.78, 5) is 21.2. The number of hydrogen-bond acceptors (Lipinski definition) is 6. The number of benzene rings is 1. The molecule has 2 aromatic rings. The van der Waals surface area contributed by atoms with Crippen LogP contribution in [0.1, 0.15) is 32.2 Å². The van der Waals surface area contributed by atoms with Gasteiger partial charge in [-0.1, -0.05) is 26.0 Å². The quantitative estimate of drug-likeness (QED) is 0.805. The van der Waals surface area contributed by atoms with Crippen LogP contribution in [-0.2, 0) is 11.2 Å². The van der Waals surface area contributed by atoms with Gasteiger partial charge in [0.15, 0.2) is 0 Å². The molecule has 2 heterocycles. The Morgan fingerprint density at radius 2 is 2.19 bits per heavy atom. The van der Waals surface area contributed by atoms with Crippen molar-refractivity contribution in [1.82, 2.24) is 14.3 Å². The van der Waals surface area contributed by atoms with E-state index in [2.05, 4.69) is 22.3 Å². The third-order valence-electron chi connectivity index (χ3n) is 4.63.